The molecule has 0 radical (unpaired) electrons. The topological polar surface area (TPSA) is 29.3 Å². The van der Waals surface area contributed by atoms with Crippen molar-refractivity contribution in [1.82, 2.24) is 4.90 Å². The third-order valence-corrected chi connectivity index (χ3v) is 4.88. The number of rotatable bonds is 5. The minimum Gasteiger partial charge on any atom is -0.329 e. The van der Waals surface area contributed by atoms with Crippen LogP contribution in [0.3, 0.4) is 0 Å². The summed E-state index contributed by atoms with van der Waals surface area (Å²) in [6, 6.07) is 9.07. The van der Waals surface area contributed by atoms with Gasteiger partial charge in [0.05, 0.1) is 0 Å². The van der Waals surface area contributed by atoms with Crippen LogP contribution in [-0.2, 0) is 12.8 Å². The predicted molar refractivity (Wildman–Crippen MR) is 87.0 cm³/mol. The summed E-state index contributed by atoms with van der Waals surface area (Å²) < 4.78 is 0. The van der Waals surface area contributed by atoms with E-state index >= 15 is 0 Å². The Balaban J connectivity index is 2.09. The molecule has 1 aromatic rings. The van der Waals surface area contributed by atoms with Gasteiger partial charge < -0.3 is 5.73 Å². The second kappa shape index (κ2) is 6.73. The van der Waals surface area contributed by atoms with Gasteiger partial charge in [0, 0.05) is 18.6 Å². The van der Waals surface area contributed by atoms with Crippen molar-refractivity contribution in [3.05, 3.63) is 35.4 Å². The van der Waals surface area contributed by atoms with Gasteiger partial charge in [0.15, 0.2) is 0 Å². The lowest BCUT2D eigenvalue weighted by atomic mass is 9.87. The molecule has 2 unspecified atom stereocenters. The summed E-state index contributed by atoms with van der Waals surface area (Å²) in [6.45, 7) is 10.0. The first kappa shape index (κ1) is 15.5. The zero-order valence-corrected chi connectivity index (χ0v) is 13.4. The van der Waals surface area contributed by atoms with E-state index in [1.54, 1.807) is 0 Å². The third-order valence-electron chi connectivity index (χ3n) is 4.88. The Labute approximate surface area is 124 Å². The highest BCUT2D eigenvalue weighted by Crippen LogP contribution is 2.26. The van der Waals surface area contributed by atoms with Crippen LogP contribution >= 0.6 is 0 Å². The van der Waals surface area contributed by atoms with Gasteiger partial charge in [0.1, 0.15) is 0 Å². The molecule has 20 heavy (non-hydrogen) atoms. The van der Waals surface area contributed by atoms with Gasteiger partial charge in [-0.3, -0.25) is 4.90 Å². The van der Waals surface area contributed by atoms with Crippen molar-refractivity contribution in [1.29, 1.82) is 0 Å². The molecule has 2 heteroatoms. The first-order valence-electron chi connectivity index (χ1n) is 8.10. The molecule has 1 aliphatic heterocycles. The molecule has 1 aromatic carbocycles. The van der Waals surface area contributed by atoms with E-state index in [0.717, 1.165) is 25.3 Å². The van der Waals surface area contributed by atoms with E-state index in [9.17, 15) is 0 Å². The molecule has 2 nitrogen and oxygen atoms in total. The SMILES string of the molecule is CCc1ccc(CC(C)(CN)N2CCCC(C)C2)cc1. The lowest BCUT2D eigenvalue weighted by Gasteiger charge is -2.45. The lowest BCUT2D eigenvalue weighted by molar-refractivity contribution is 0.0641. The Kier molecular flexibility index (Phi) is 5.22. The van der Waals surface area contributed by atoms with Crippen LogP contribution in [0, 0.1) is 5.92 Å². The Morgan fingerprint density at radius 3 is 2.45 bits per heavy atom. The minimum atomic E-state index is 0.0996. The van der Waals surface area contributed by atoms with E-state index in [0.29, 0.717) is 0 Å². The molecule has 0 amide bonds. The molecule has 2 N–H and O–H groups in total. The fraction of sp³-hybridized carbons (Fsp3) is 0.667. The van der Waals surface area contributed by atoms with Gasteiger partial charge in [-0.1, -0.05) is 38.1 Å². The maximum absolute atomic E-state index is 6.15. The summed E-state index contributed by atoms with van der Waals surface area (Å²) in [5, 5.41) is 0. The average Bonchev–Trinajstić information content (AvgIpc) is 2.48. The van der Waals surface area contributed by atoms with Crippen molar-refractivity contribution in [2.45, 2.75) is 52.0 Å². The van der Waals surface area contributed by atoms with E-state index < -0.39 is 0 Å². The molecule has 0 aliphatic carbocycles. The van der Waals surface area contributed by atoms with Crippen molar-refractivity contribution < 1.29 is 0 Å². The van der Waals surface area contributed by atoms with Crippen molar-refractivity contribution in [2.75, 3.05) is 19.6 Å². The zero-order chi connectivity index (χ0) is 14.6. The first-order chi connectivity index (χ1) is 9.57. The van der Waals surface area contributed by atoms with Crippen molar-refractivity contribution in [3.63, 3.8) is 0 Å². The Hall–Kier alpha value is -0.860. The van der Waals surface area contributed by atoms with Crippen LogP contribution in [0.5, 0.6) is 0 Å². The van der Waals surface area contributed by atoms with E-state index in [-0.39, 0.29) is 5.54 Å². The molecule has 2 rings (SSSR count). The second-order valence-corrected chi connectivity index (χ2v) is 6.74. The molecule has 1 aliphatic rings. The standard InChI is InChI=1S/C18H30N2/c1-4-16-7-9-17(10-8-16)12-18(3,14-19)20-11-5-6-15(2)13-20/h7-10,15H,4-6,11-14,19H2,1-3H3. The summed E-state index contributed by atoms with van der Waals surface area (Å²) in [7, 11) is 0. The quantitative estimate of drug-likeness (QED) is 0.893. The fourth-order valence-electron chi connectivity index (χ4n) is 3.33. The van der Waals surface area contributed by atoms with Crippen LogP contribution in [0.25, 0.3) is 0 Å². The van der Waals surface area contributed by atoms with Gasteiger partial charge >= 0.3 is 0 Å². The number of benzene rings is 1. The second-order valence-electron chi connectivity index (χ2n) is 6.74. The maximum atomic E-state index is 6.15. The fourth-order valence-corrected chi connectivity index (χ4v) is 3.33. The molecule has 0 aromatic heterocycles. The van der Waals surface area contributed by atoms with Crippen LogP contribution in [0.1, 0.15) is 44.7 Å². The summed E-state index contributed by atoms with van der Waals surface area (Å²) in [5.41, 5.74) is 9.07. The number of hydrogen-bond acceptors (Lipinski definition) is 2. The van der Waals surface area contributed by atoms with Gasteiger partial charge in [-0.2, -0.15) is 0 Å². The molecule has 112 valence electrons. The monoisotopic (exact) mass is 274 g/mol. The van der Waals surface area contributed by atoms with Gasteiger partial charge in [-0.15, -0.1) is 0 Å². The van der Waals surface area contributed by atoms with Crippen LogP contribution in [0.4, 0.5) is 0 Å². The number of likely N-dealkylation sites (tertiary alicyclic amines) is 1. The lowest BCUT2D eigenvalue weighted by Crippen LogP contribution is -2.56. The van der Waals surface area contributed by atoms with Crippen LogP contribution < -0.4 is 5.73 Å². The number of hydrogen-bond donors (Lipinski definition) is 1. The van der Waals surface area contributed by atoms with Gasteiger partial charge in [-0.25, -0.2) is 0 Å². The van der Waals surface area contributed by atoms with Gasteiger partial charge in [0.2, 0.25) is 0 Å². The number of aryl methyl sites for hydroxylation is 1. The summed E-state index contributed by atoms with van der Waals surface area (Å²) >= 11 is 0. The van der Waals surface area contributed by atoms with E-state index in [1.807, 2.05) is 0 Å². The first-order valence-corrected chi connectivity index (χ1v) is 8.10. The van der Waals surface area contributed by atoms with Crippen molar-refractivity contribution in [2.24, 2.45) is 11.7 Å². The van der Waals surface area contributed by atoms with Gasteiger partial charge in [-0.05, 0) is 56.2 Å². The molecule has 2 atom stereocenters. The normalized spacial score (nSPS) is 23.5. The van der Waals surface area contributed by atoms with Crippen LogP contribution in [-0.4, -0.2) is 30.1 Å². The summed E-state index contributed by atoms with van der Waals surface area (Å²) in [6.07, 6.45) is 4.84. The Morgan fingerprint density at radius 2 is 1.90 bits per heavy atom. The third kappa shape index (κ3) is 3.62. The Bertz CT molecular complexity index is 412. The minimum absolute atomic E-state index is 0.0996. The van der Waals surface area contributed by atoms with E-state index in [1.165, 1.54) is 37.1 Å². The van der Waals surface area contributed by atoms with Crippen molar-refractivity contribution in [3.8, 4) is 0 Å². The smallest absolute Gasteiger partial charge is 0.0343 e. The number of piperidine rings is 1. The highest BCUT2D eigenvalue weighted by Gasteiger charge is 2.33. The maximum Gasteiger partial charge on any atom is 0.0343 e. The molecule has 0 saturated carbocycles. The molecule has 1 saturated heterocycles. The molecule has 1 fully saturated rings. The van der Waals surface area contributed by atoms with Crippen LogP contribution in [0.2, 0.25) is 0 Å². The molecular formula is C18H30N2. The molecule has 1 heterocycles. The number of nitrogens with zero attached hydrogens (tertiary/aromatic N) is 1. The average molecular weight is 274 g/mol. The Morgan fingerprint density at radius 1 is 1.25 bits per heavy atom. The van der Waals surface area contributed by atoms with Gasteiger partial charge in [0.25, 0.3) is 0 Å². The van der Waals surface area contributed by atoms with Crippen molar-refractivity contribution >= 4 is 0 Å². The number of nitrogens with two attached hydrogens (primary N) is 1. The summed E-state index contributed by atoms with van der Waals surface area (Å²) in [5.74, 6) is 0.803. The molecular weight excluding hydrogens is 244 g/mol. The highest BCUT2D eigenvalue weighted by atomic mass is 15.2. The zero-order valence-electron chi connectivity index (χ0n) is 13.4. The summed E-state index contributed by atoms with van der Waals surface area (Å²) in [4.78, 5) is 2.62. The molecule has 0 spiro atoms. The van der Waals surface area contributed by atoms with E-state index in [4.69, 9.17) is 5.73 Å². The van der Waals surface area contributed by atoms with Crippen LogP contribution in [0.15, 0.2) is 24.3 Å². The largest absolute Gasteiger partial charge is 0.329 e. The molecule has 0 bridgehead atoms. The van der Waals surface area contributed by atoms with E-state index in [2.05, 4.69) is 49.9 Å². The predicted octanol–water partition coefficient (Wildman–Crippen LogP) is 3.24. The highest BCUT2D eigenvalue weighted by molar-refractivity contribution is 5.24.